The van der Waals surface area contributed by atoms with E-state index in [4.69, 9.17) is 4.42 Å². The van der Waals surface area contributed by atoms with Gasteiger partial charge in [-0.3, -0.25) is 0 Å². The smallest absolute Gasteiger partial charge is 0.226 e. The predicted octanol–water partition coefficient (Wildman–Crippen LogP) is 5.16. The first-order valence-electron chi connectivity index (χ1n) is 10.9. The van der Waals surface area contributed by atoms with Crippen LogP contribution in [0.1, 0.15) is 51.9 Å². The van der Waals surface area contributed by atoms with Gasteiger partial charge in [-0.1, -0.05) is 6.07 Å². The van der Waals surface area contributed by atoms with Gasteiger partial charge in [-0.2, -0.15) is 0 Å². The average Bonchev–Trinajstić information content (AvgIpc) is 3.11. The summed E-state index contributed by atoms with van der Waals surface area (Å²) in [6.07, 6.45) is 3.87. The van der Waals surface area contributed by atoms with Crippen LogP contribution in [-0.2, 0) is 0 Å². The van der Waals surface area contributed by atoms with Gasteiger partial charge in [0.05, 0.1) is 11.9 Å². The summed E-state index contributed by atoms with van der Waals surface area (Å²) >= 11 is 0. The van der Waals surface area contributed by atoms with Crippen molar-refractivity contribution in [2.45, 2.75) is 71.5 Å². The van der Waals surface area contributed by atoms with E-state index in [0.717, 1.165) is 46.8 Å². The van der Waals surface area contributed by atoms with Crippen LogP contribution in [0, 0.1) is 13.8 Å². The molecule has 0 spiro atoms. The fourth-order valence-electron chi connectivity index (χ4n) is 4.96. The van der Waals surface area contributed by atoms with Gasteiger partial charge in [-0.15, -0.1) is 10.2 Å². The number of aromatic nitrogens is 3. The molecule has 6 heteroatoms. The Morgan fingerprint density at radius 1 is 1.00 bits per heavy atom. The summed E-state index contributed by atoms with van der Waals surface area (Å²) in [5, 5.41) is 12.9. The summed E-state index contributed by atoms with van der Waals surface area (Å²) in [4.78, 5) is 6.60. The molecule has 0 atom stereocenters. The van der Waals surface area contributed by atoms with Gasteiger partial charge in [0, 0.05) is 35.3 Å². The predicted molar refractivity (Wildman–Crippen MR) is 125 cm³/mol. The first kappa shape index (κ1) is 21.5. The van der Waals surface area contributed by atoms with E-state index in [1.807, 2.05) is 13.0 Å². The first-order valence-corrected chi connectivity index (χ1v) is 10.9. The summed E-state index contributed by atoms with van der Waals surface area (Å²) in [6, 6.07) is 10.7. The minimum absolute atomic E-state index is 0.0916. The summed E-state index contributed by atoms with van der Waals surface area (Å²) < 4.78 is 5.65. The summed E-state index contributed by atoms with van der Waals surface area (Å²) in [5.41, 5.74) is 4.21. The molecular weight excluding hydrogens is 386 g/mol. The van der Waals surface area contributed by atoms with Gasteiger partial charge in [0.2, 0.25) is 5.89 Å². The lowest BCUT2D eigenvalue weighted by Crippen LogP contribution is -2.62. The van der Waals surface area contributed by atoms with Gasteiger partial charge >= 0.3 is 0 Å². The molecule has 0 unspecified atom stereocenters. The van der Waals surface area contributed by atoms with Crippen LogP contribution in [0.2, 0.25) is 0 Å². The maximum atomic E-state index is 5.65. The van der Waals surface area contributed by atoms with E-state index in [9.17, 15) is 0 Å². The molecule has 0 amide bonds. The van der Waals surface area contributed by atoms with Crippen molar-refractivity contribution < 1.29 is 4.42 Å². The Bertz CT molecular complexity index is 1050. The number of hydrogen-bond donors (Lipinski definition) is 1. The van der Waals surface area contributed by atoms with Gasteiger partial charge in [0.1, 0.15) is 5.76 Å². The fraction of sp³-hybridized carbons (Fsp3) is 0.480. The molecule has 1 aliphatic heterocycles. The van der Waals surface area contributed by atoms with Crippen molar-refractivity contribution in [1.29, 1.82) is 0 Å². The third kappa shape index (κ3) is 4.64. The van der Waals surface area contributed by atoms with Gasteiger partial charge in [-0.25, -0.2) is 4.98 Å². The molecule has 1 aliphatic rings. The molecule has 1 saturated heterocycles. The summed E-state index contributed by atoms with van der Waals surface area (Å²) in [6.45, 7) is 13.1. The molecule has 0 bridgehead atoms. The van der Waals surface area contributed by atoms with Crippen LogP contribution in [0.5, 0.6) is 0 Å². The third-order valence-electron chi connectivity index (χ3n) is 6.10. The first-order chi connectivity index (χ1) is 14.5. The fourth-order valence-corrected chi connectivity index (χ4v) is 4.96. The quantitative estimate of drug-likeness (QED) is 0.630. The lowest BCUT2D eigenvalue weighted by atomic mass is 9.79. The Kier molecular flexibility index (Phi) is 5.38. The van der Waals surface area contributed by atoms with E-state index in [0.29, 0.717) is 11.9 Å². The molecule has 1 fully saturated rings. The molecule has 0 radical (unpaired) electrons. The second kappa shape index (κ2) is 7.75. The minimum atomic E-state index is 0.0916. The van der Waals surface area contributed by atoms with Crippen molar-refractivity contribution in [3.63, 3.8) is 0 Å². The highest BCUT2D eigenvalue weighted by atomic mass is 16.4. The Balaban J connectivity index is 1.54. The van der Waals surface area contributed by atoms with Crippen LogP contribution in [-0.4, -0.2) is 39.3 Å². The average molecular weight is 420 g/mol. The van der Waals surface area contributed by atoms with Gasteiger partial charge < -0.3 is 14.6 Å². The van der Waals surface area contributed by atoms with E-state index in [2.05, 4.69) is 91.3 Å². The number of nitrogens with zero attached hydrogens (tertiary/aromatic N) is 4. The van der Waals surface area contributed by atoms with Gasteiger partial charge in [0.25, 0.3) is 0 Å². The monoisotopic (exact) mass is 419 g/mol. The number of hydrogen-bond acceptors (Lipinski definition) is 6. The largest absolute Gasteiger partial charge is 0.441 e. The van der Waals surface area contributed by atoms with Gasteiger partial charge in [-0.05, 0) is 84.2 Å². The van der Waals surface area contributed by atoms with Crippen molar-refractivity contribution >= 4 is 5.82 Å². The molecule has 1 N–H and O–H groups in total. The summed E-state index contributed by atoms with van der Waals surface area (Å²) in [7, 11) is 2.13. The number of aryl methyl sites for hydroxylation is 2. The molecule has 0 saturated carbocycles. The van der Waals surface area contributed by atoms with E-state index < -0.39 is 0 Å². The molecule has 164 valence electrons. The Morgan fingerprint density at radius 3 is 2.26 bits per heavy atom. The Labute approximate surface area is 185 Å². The maximum absolute atomic E-state index is 5.65. The van der Waals surface area contributed by atoms with Crippen LogP contribution in [0.3, 0.4) is 0 Å². The lowest BCUT2D eigenvalue weighted by Gasteiger charge is -2.49. The van der Waals surface area contributed by atoms with Crippen LogP contribution < -0.4 is 10.2 Å². The van der Waals surface area contributed by atoms with E-state index >= 15 is 0 Å². The molecule has 2 aromatic heterocycles. The molecule has 4 rings (SSSR count). The third-order valence-corrected chi connectivity index (χ3v) is 6.10. The topological polar surface area (TPSA) is 67.1 Å². The van der Waals surface area contributed by atoms with Crippen LogP contribution in [0.25, 0.3) is 22.7 Å². The van der Waals surface area contributed by atoms with E-state index in [-0.39, 0.29) is 11.1 Å². The Morgan fingerprint density at radius 2 is 1.71 bits per heavy atom. The lowest BCUT2D eigenvalue weighted by molar-refractivity contribution is 0.160. The maximum Gasteiger partial charge on any atom is 0.226 e. The SMILES string of the molecule is Cc1cnc(-c2ccc(-c3ccc(N(C)C4CC(C)(C)NC(C)(C)C4)nn3)c(C)c2)o1. The second-order valence-corrected chi connectivity index (χ2v) is 10.1. The number of rotatable bonds is 4. The van der Waals surface area contributed by atoms with Crippen molar-refractivity contribution in [1.82, 2.24) is 20.5 Å². The van der Waals surface area contributed by atoms with Crippen molar-refractivity contribution in [2.75, 3.05) is 11.9 Å². The molecule has 31 heavy (non-hydrogen) atoms. The summed E-state index contributed by atoms with van der Waals surface area (Å²) in [5.74, 6) is 2.36. The molecule has 0 aliphatic carbocycles. The number of benzene rings is 1. The number of nitrogens with one attached hydrogen (secondary N) is 1. The minimum Gasteiger partial charge on any atom is -0.441 e. The Hall–Kier alpha value is -2.73. The van der Waals surface area contributed by atoms with Crippen molar-refractivity contribution in [3.05, 3.63) is 47.9 Å². The zero-order valence-corrected chi connectivity index (χ0v) is 19.7. The van der Waals surface area contributed by atoms with Gasteiger partial charge in [0.15, 0.2) is 5.82 Å². The molecular formula is C25H33N5O. The van der Waals surface area contributed by atoms with Crippen LogP contribution >= 0.6 is 0 Å². The highest BCUT2D eigenvalue weighted by molar-refractivity contribution is 5.69. The molecule has 1 aromatic carbocycles. The van der Waals surface area contributed by atoms with Crippen molar-refractivity contribution in [2.24, 2.45) is 0 Å². The number of anilines is 1. The number of oxazole rings is 1. The second-order valence-electron chi connectivity index (χ2n) is 10.1. The number of piperidine rings is 1. The molecule has 6 nitrogen and oxygen atoms in total. The molecule has 3 aromatic rings. The van der Waals surface area contributed by atoms with Crippen LogP contribution in [0.15, 0.2) is 40.9 Å². The van der Waals surface area contributed by atoms with Crippen LogP contribution in [0.4, 0.5) is 5.82 Å². The zero-order chi connectivity index (χ0) is 22.4. The van der Waals surface area contributed by atoms with Crippen molar-refractivity contribution in [3.8, 4) is 22.7 Å². The highest BCUT2D eigenvalue weighted by Crippen LogP contribution is 2.33. The highest BCUT2D eigenvalue weighted by Gasteiger charge is 2.39. The zero-order valence-electron chi connectivity index (χ0n) is 19.7. The normalized spacial score (nSPS) is 18.2. The van der Waals surface area contributed by atoms with E-state index in [1.165, 1.54) is 0 Å². The molecule has 3 heterocycles. The standard InChI is InChI=1S/C25H33N5O/c1-16-12-18(23-26-15-17(2)31-23)8-9-20(16)21-10-11-22(28-27-21)30(7)19-13-24(3,4)29-25(5,6)14-19/h8-12,15,19,29H,13-14H2,1-7H3. The van der Waals surface area contributed by atoms with E-state index in [1.54, 1.807) is 6.20 Å².